The number of carbonyl (C=O) groups is 2. The molecule has 1 atom stereocenters. The lowest BCUT2D eigenvalue weighted by Crippen LogP contribution is -2.21. The first-order valence-corrected chi connectivity index (χ1v) is 6.34. The SMILES string of the molecule is Cc1csc([C@H](C#N)C(=O)COC(=O)C(C)C)n1. The van der Waals surface area contributed by atoms with Gasteiger partial charge >= 0.3 is 5.97 Å². The lowest BCUT2D eigenvalue weighted by Gasteiger charge is -2.08. The van der Waals surface area contributed by atoms with E-state index in [0.717, 1.165) is 5.69 Å². The summed E-state index contributed by atoms with van der Waals surface area (Å²) in [6.07, 6.45) is 0. The number of Topliss-reactive ketones (excluding diaryl/α,β-unsaturated/α-hetero) is 1. The summed E-state index contributed by atoms with van der Waals surface area (Å²) >= 11 is 1.26. The molecule has 0 N–H and O–H groups in total. The Labute approximate surface area is 109 Å². The van der Waals surface area contributed by atoms with Crippen LogP contribution in [0, 0.1) is 24.2 Å². The number of aryl methyl sites for hydroxylation is 1. The third-order valence-electron chi connectivity index (χ3n) is 2.16. The first kappa shape index (κ1) is 14.3. The monoisotopic (exact) mass is 266 g/mol. The van der Waals surface area contributed by atoms with E-state index < -0.39 is 17.7 Å². The highest BCUT2D eigenvalue weighted by Gasteiger charge is 2.24. The van der Waals surface area contributed by atoms with Crippen LogP contribution in [-0.2, 0) is 14.3 Å². The van der Waals surface area contributed by atoms with Gasteiger partial charge in [-0.1, -0.05) is 13.8 Å². The van der Waals surface area contributed by atoms with Crippen molar-refractivity contribution in [1.29, 1.82) is 5.26 Å². The van der Waals surface area contributed by atoms with E-state index in [2.05, 4.69) is 4.98 Å². The minimum Gasteiger partial charge on any atom is -0.457 e. The Balaban J connectivity index is 2.65. The van der Waals surface area contributed by atoms with Crippen LogP contribution in [0.2, 0.25) is 0 Å². The number of hydrogen-bond acceptors (Lipinski definition) is 6. The molecular formula is C12H14N2O3S. The molecule has 0 unspecified atom stereocenters. The van der Waals surface area contributed by atoms with Crippen LogP contribution in [0.4, 0.5) is 0 Å². The molecule has 0 bridgehead atoms. The Kier molecular flexibility index (Phi) is 4.98. The Morgan fingerprint density at radius 1 is 1.56 bits per heavy atom. The molecule has 1 aromatic heterocycles. The fourth-order valence-corrected chi connectivity index (χ4v) is 2.02. The number of aromatic nitrogens is 1. The van der Waals surface area contributed by atoms with Crippen molar-refractivity contribution in [3.63, 3.8) is 0 Å². The third-order valence-corrected chi connectivity index (χ3v) is 3.19. The number of thiazole rings is 1. The summed E-state index contributed by atoms with van der Waals surface area (Å²) in [6, 6.07) is 1.89. The molecule has 0 aliphatic rings. The quantitative estimate of drug-likeness (QED) is 0.759. The maximum absolute atomic E-state index is 11.8. The van der Waals surface area contributed by atoms with E-state index in [0.29, 0.717) is 5.01 Å². The van der Waals surface area contributed by atoms with Gasteiger partial charge in [0.05, 0.1) is 12.0 Å². The van der Waals surface area contributed by atoms with Crippen LogP contribution in [-0.4, -0.2) is 23.3 Å². The summed E-state index contributed by atoms with van der Waals surface area (Å²) in [4.78, 5) is 27.1. The normalized spacial score (nSPS) is 11.9. The van der Waals surface area contributed by atoms with Crippen LogP contribution >= 0.6 is 11.3 Å². The second kappa shape index (κ2) is 6.26. The second-order valence-electron chi connectivity index (χ2n) is 4.12. The van der Waals surface area contributed by atoms with Crippen LogP contribution in [0.5, 0.6) is 0 Å². The van der Waals surface area contributed by atoms with Gasteiger partial charge in [-0.2, -0.15) is 5.26 Å². The Morgan fingerprint density at radius 2 is 2.22 bits per heavy atom. The van der Waals surface area contributed by atoms with Gasteiger partial charge in [-0.3, -0.25) is 9.59 Å². The predicted octanol–water partition coefficient (Wildman–Crippen LogP) is 1.83. The zero-order valence-corrected chi connectivity index (χ0v) is 11.3. The van der Waals surface area contributed by atoms with Crippen molar-refractivity contribution in [3.8, 4) is 6.07 Å². The molecule has 0 amide bonds. The van der Waals surface area contributed by atoms with Crippen molar-refractivity contribution in [3.05, 3.63) is 16.1 Å². The van der Waals surface area contributed by atoms with Crippen molar-refractivity contribution in [1.82, 2.24) is 4.98 Å². The fourth-order valence-electron chi connectivity index (χ4n) is 1.16. The molecule has 1 rings (SSSR count). The van der Waals surface area contributed by atoms with E-state index in [1.807, 2.05) is 6.07 Å². The second-order valence-corrected chi connectivity index (χ2v) is 5.01. The molecule has 0 radical (unpaired) electrons. The molecule has 96 valence electrons. The molecule has 0 fully saturated rings. The summed E-state index contributed by atoms with van der Waals surface area (Å²) in [5, 5.41) is 11.2. The summed E-state index contributed by atoms with van der Waals surface area (Å²) in [5.74, 6) is -2.14. The van der Waals surface area contributed by atoms with Crippen molar-refractivity contribution >= 4 is 23.1 Å². The molecule has 0 saturated heterocycles. The Hall–Kier alpha value is -1.74. The van der Waals surface area contributed by atoms with Crippen LogP contribution < -0.4 is 0 Å². The molecule has 0 aliphatic heterocycles. The molecule has 0 aliphatic carbocycles. The van der Waals surface area contributed by atoms with E-state index in [9.17, 15) is 9.59 Å². The fraction of sp³-hybridized carbons (Fsp3) is 0.500. The number of nitrogens with zero attached hydrogens (tertiary/aromatic N) is 2. The van der Waals surface area contributed by atoms with Crippen molar-refractivity contribution < 1.29 is 14.3 Å². The number of carbonyl (C=O) groups excluding carboxylic acids is 2. The summed E-state index contributed by atoms with van der Waals surface area (Å²) < 4.78 is 4.81. The van der Waals surface area contributed by atoms with Crippen LogP contribution in [0.3, 0.4) is 0 Å². The molecule has 1 heterocycles. The van der Waals surface area contributed by atoms with Crippen molar-refractivity contribution in [2.75, 3.05) is 6.61 Å². The van der Waals surface area contributed by atoms with Gasteiger partial charge in [-0.15, -0.1) is 11.3 Å². The Morgan fingerprint density at radius 3 is 2.67 bits per heavy atom. The molecule has 0 spiro atoms. The molecular weight excluding hydrogens is 252 g/mol. The van der Waals surface area contributed by atoms with Crippen LogP contribution in [0.25, 0.3) is 0 Å². The number of esters is 1. The minimum absolute atomic E-state index is 0.291. The maximum Gasteiger partial charge on any atom is 0.308 e. The average molecular weight is 266 g/mol. The zero-order chi connectivity index (χ0) is 13.7. The van der Waals surface area contributed by atoms with Gasteiger partial charge in [0.1, 0.15) is 5.01 Å². The topological polar surface area (TPSA) is 80.0 Å². The molecule has 0 saturated carbocycles. The molecule has 18 heavy (non-hydrogen) atoms. The zero-order valence-electron chi connectivity index (χ0n) is 10.5. The molecule has 0 aromatic carbocycles. The highest BCUT2D eigenvalue weighted by molar-refractivity contribution is 7.09. The van der Waals surface area contributed by atoms with E-state index in [1.54, 1.807) is 26.2 Å². The van der Waals surface area contributed by atoms with Gasteiger partial charge in [-0.25, -0.2) is 4.98 Å². The molecule has 1 aromatic rings. The van der Waals surface area contributed by atoms with Gasteiger partial charge < -0.3 is 4.74 Å². The molecule has 6 heteroatoms. The van der Waals surface area contributed by atoms with E-state index in [1.165, 1.54) is 11.3 Å². The molecule has 5 nitrogen and oxygen atoms in total. The van der Waals surface area contributed by atoms with E-state index in [4.69, 9.17) is 10.00 Å². The van der Waals surface area contributed by atoms with Crippen LogP contribution in [0.1, 0.15) is 30.5 Å². The number of rotatable bonds is 5. The first-order chi connectivity index (χ1) is 8.45. The van der Waals surface area contributed by atoms with Gasteiger partial charge in [0.2, 0.25) is 0 Å². The summed E-state index contributed by atoms with van der Waals surface area (Å²) in [7, 11) is 0. The standard InChI is InChI=1S/C12H14N2O3S/c1-7(2)12(16)17-5-10(15)9(4-13)11-14-8(3)6-18-11/h6-7,9H,5H2,1-3H3/t9-/m1/s1. The van der Waals surface area contributed by atoms with E-state index in [-0.39, 0.29) is 12.5 Å². The van der Waals surface area contributed by atoms with Crippen molar-refractivity contribution in [2.45, 2.75) is 26.7 Å². The van der Waals surface area contributed by atoms with Crippen molar-refractivity contribution in [2.24, 2.45) is 5.92 Å². The third kappa shape index (κ3) is 3.64. The number of hydrogen-bond donors (Lipinski definition) is 0. The van der Waals surface area contributed by atoms with Gasteiger partial charge in [0, 0.05) is 11.1 Å². The maximum atomic E-state index is 11.8. The minimum atomic E-state index is -0.955. The summed E-state index contributed by atoms with van der Waals surface area (Å²) in [5.41, 5.74) is 0.766. The lowest BCUT2D eigenvalue weighted by atomic mass is 10.1. The van der Waals surface area contributed by atoms with Crippen LogP contribution in [0.15, 0.2) is 5.38 Å². The average Bonchev–Trinajstić information content (AvgIpc) is 2.73. The highest BCUT2D eigenvalue weighted by Crippen LogP contribution is 2.20. The number of nitriles is 1. The van der Waals surface area contributed by atoms with Gasteiger partial charge in [-0.05, 0) is 6.92 Å². The lowest BCUT2D eigenvalue weighted by molar-refractivity contribution is -0.151. The highest BCUT2D eigenvalue weighted by atomic mass is 32.1. The Bertz CT molecular complexity index is 488. The summed E-state index contributed by atoms with van der Waals surface area (Å²) in [6.45, 7) is 4.77. The van der Waals surface area contributed by atoms with E-state index >= 15 is 0 Å². The smallest absolute Gasteiger partial charge is 0.308 e. The predicted molar refractivity (Wildman–Crippen MR) is 66.0 cm³/mol. The first-order valence-electron chi connectivity index (χ1n) is 5.46. The number of ether oxygens (including phenoxy) is 1. The number of ketones is 1. The largest absolute Gasteiger partial charge is 0.457 e. The van der Waals surface area contributed by atoms with Gasteiger partial charge in [0.25, 0.3) is 0 Å². The van der Waals surface area contributed by atoms with Gasteiger partial charge in [0.15, 0.2) is 18.3 Å².